The topological polar surface area (TPSA) is 68.1 Å². The number of carbonyl (C=O) groups excluding carboxylic acids is 1. The highest BCUT2D eigenvalue weighted by Gasteiger charge is 2.32. The molecule has 0 spiro atoms. The number of nitrogens with one attached hydrogen (secondary N) is 1. The molecule has 0 saturated carbocycles. The minimum absolute atomic E-state index is 0.0522. The molecule has 1 unspecified atom stereocenters. The van der Waals surface area contributed by atoms with Gasteiger partial charge in [-0.25, -0.2) is 8.91 Å². The number of ether oxygens (including phenoxy) is 2. The van der Waals surface area contributed by atoms with Crippen molar-refractivity contribution in [1.82, 2.24) is 14.3 Å². The maximum absolute atomic E-state index is 14.4. The Morgan fingerprint density at radius 3 is 2.97 bits per heavy atom. The fraction of sp³-hybridized carbons (Fsp3) is 0.333. The molecule has 0 bridgehead atoms. The molecule has 9 heteroatoms. The first-order chi connectivity index (χ1) is 14.7. The van der Waals surface area contributed by atoms with E-state index in [4.69, 9.17) is 9.47 Å². The van der Waals surface area contributed by atoms with Gasteiger partial charge in [-0.2, -0.15) is 5.10 Å². The number of fused-ring (bicyclic) bond motifs is 2. The van der Waals surface area contributed by atoms with Crippen LogP contribution in [0.1, 0.15) is 41.2 Å². The minimum Gasteiger partial charge on any atom is -0.489 e. The molecule has 156 valence electrons. The molecule has 1 aromatic carbocycles. The Labute approximate surface area is 178 Å². The van der Waals surface area contributed by atoms with Gasteiger partial charge >= 0.3 is 0 Å². The van der Waals surface area contributed by atoms with Gasteiger partial charge < -0.3 is 14.4 Å². The zero-order chi connectivity index (χ0) is 20.7. The van der Waals surface area contributed by atoms with Gasteiger partial charge in [0.2, 0.25) is 0 Å². The molecule has 1 atom stereocenters. The van der Waals surface area contributed by atoms with Crippen LogP contribution < -0.4 is 19.1 Å². The molecule has 30 heavy (non-hydrogen) atoms. The van der Waals surface area contributed by atoms with Crippen LogP contribution in [-0.2, 0) is 0 Å². The summed E-state index contributed by atoms with van der Waals surface area (Å²) in [5.41, 5.74) is 2.86. The van der Waals surface area contributed by atoms with Gasteiger partial charge in [-0.1, -0.05) is 12.8 Å². The van der Waals surface area contributed by atoms with Crippen LogP contribution in [0.4, 0.5) is 10.1 Å². The Morgan fingerprint density at radius 1 is 1.23 bits per heavy atom. The number of hydrogen-bond acceptors (Lipinski definition) is 6. The van der Waals surface area contributed by atoms with Gasteiger partial charge in [-0.3, -0.25) is 9.52 Å². The van der Waals surface area contributed by atoms with E-state index in [1.165, 1.54) is 12.3 Å². The van der Waals surface area contributed by atoms with Crippen molar-refractivity contribution in [3.8, 4) is 11.5 Å². The van der Waals surface area contributed by atoms with E-state index >= 15 is 0 Å². The molecule has 2 aliphatic heterocycles. The van der Waals surface area contributed by atoms with Crippen molar-refractivity contribution in [2.75, 3.05) is 24.7 Å². The summed E-state index contributed by atoms with van der Waals surface area (Å²) < 4.78 is 30.1. The molecule has 1 amide bonds. The minimum atomic E-state index is -0.333. The van der Waals surface area contributed by atoms with Crippen molar-refractivity contribution >= 4 is 29.9 Å². The summed E-state index contributed by atoms with van der Waals surface area (Å²) in [6.07, 6.45) is 5.93. The lowest BCUT2D eigenvalue weighted by atomic mass is 10.0. The molecule has 3 aromatic rings. The van der Waals surface area contributed by atoms with Crippen molar-refractivity contribution in [2.24, 2.45) is 0 Å². The third-order valence-electron chi connectivity index (χ3n) is 5.64. The summed E-state index contributed by atoms with van der Waals surface area (Å²) in [6, 6.07) is 6.77. The third-order valence-corrected chi connectivity index (χ3v) is 5.84. The lowest BCUT2D eigenvalue weighted by Crippen LogP contribution is -2.23. The van der Waals surface area contributed by atoms with Crippen LogP contribution in [0.5, 0.6) is 11.5 Å². The average molecular weight is 428 g/mol. The summed E-state index contributed by atoms with van der Waals surface area (Å²) >= 11 is 3.86. The Balaban J connectivity index is 1.57. The van der Waals surface area contributed by atoms with Crippen molar-refractivity contribution in [3.63, 3.8) is 0 Å². The Morgan fingerprint density at radius 2 is 2.10 bits per heavy atom. The highest BCUT2D eigenvalue weighted by Crippen LogP contribution is 2.45. The zero-order valence-corrected chi connectivity index (χ0v) is 17.1. The standard InChI is InChI=1S/C21H21FN4O3S/c22-13-9-15(20-19(10-13)28-7-2-8-29-20)17-3-1-5-25(17)14-4-6-26-18(11-14)16(12-23-26)21(27)24-30/h4,6,9-12,17,30H,1-3,5,7-8H2,(H,24,27). The van der Waals surface area contributed by atoms with E-state index in [1.807, 2.05) is 18.3 Å². The number of halogens is 1. The molecule has 2 aromatic heterocycles. The van der Waals surface area contributed by atoms with E-state index < -0.39 is 0 Å². The molecule has 4 heterocycles. The molecular formula is C21H21FN4O3S. The van der Waals surface area contributed by atoms with Crippen LogP contribution in [-0.4, -0.2) is 35.3 Å². The van der Waals surface area contributed by atoms with E-state index in [1.54, 1.807) is 10.6 Å². The second-order valence-corrected chi connectivity index (χ2v) is 7.66. The SMILES string of the molecule is O=C(NS)c1cnn2ccc(N3CCCC3c3cc(F)cc4c3OCCCO4)cc12. The number of amides is 1. The van der Waals surface area contributed by atoms with Crippen molar-refractivity contribution < 1.29 is 18.7 Å². The number of benzene rings is 1. The number of carbonyl (C=O) groups is 1. The van der Waals surface area contributed by atoms with Gasteiger partial charge in [-0.15, -0.1) is 0 Å². The summed E-state index contributed by atoms with van der Waals surface area (Å²) in [6.45, 7) is 1.87. The highest BCUT2D eigenvalue weighted by molar-refractivity contribution is 7.78. The van der Waals surface area contributed by atoms with Gasteiger partial charge in [0, 0.05) is 36.5 Å². The lowest BCUT2D eigenvalue weighted by molar-refractivity contribution is 0.0986. The molecule has 1 N–H and O–H groups in total. The molecule has 1 saturated heterocycles. The highest BCUT2D eigenvalue weighted by atomic mass is 32.1. The lowest BCUT2D eigenvalue weighted by Gasteiger charge is -2.29. The first-order valence-electron chi connectivity index (χ1n) is 9.93. The Hall–Kier alpha value is -2.94. The number of nitrogens with zero attached hydrogens (tertiary/aromatic N) is 3. The van der Waals surface area contributed by atoms with Gasteiger partial charge in [0.25, 0.3) is 5.91 Å². The molecule has 0 aliphatic carbocycles. The van der Waals surface area contributed by atoms with Gasteiger partial charge in [0.05, 0.1) is 36.5 Å². The Bertz CT molecular complexity index is 1120. The predicted octanol–water partition coefficient (Wildman–Crippen LogP) is 3.55. The number of hydrogen-bond donors (Lipinski definition) is 2. The fourth-order valence-corrected chi connectivity index (χ4v) is 4.42. The van der Waals surface area contributed by atoms with E-state index in [0.717, 1.165) is 37.1 Å². The van der Waals surface area contributed by atoms with E-state index in [2.05, 4.69) is 27.5 Å². The van der Waals surface area contributed by atoms with Gasteiger partial charge in [-0.05, 0) is 31.0 Å². The van der Waals surface area contributed by atoms with Gasteiger partial charge in [0.15, 0.2) is 11.5 Å². The van der Waals surface area contributed by atoms with Crippen LogP contribution in [0.3, 0.4) is 0 Å². The van der Waals surface area contributed by atoms with Crippen LogP contribution in [0.2, 0.25) is 0 Å². The molecule has 7 nitrogen and oxygen atoms in total. The monoisotopic (exact) mass is 428 g/mol. The zero-order valence-electron chi connectivity index (χ0n) is 16.2. The summed E-state index contributed by atoms with van der Waals surface area (Å²) in [5.74, 6) is 0.448. The first kappa shape index (κ1) is 19.0. The summed E-state index contributed by atoms with van der Waals surface area (Å²) in [7, 11) is 0. The molecule has 0 radical (unpaired) electrons. The van der Waals surface area contributed by atoms with Crippen LogP contribution >= 0.6 is 12.8 Å². The maximum atomic E-state index is 14.4. The molecule has 5 rings (SSSR count). The normalized spacial score (nSPS) is 18.5. The number of thiol groups is 1. The quantitative estimate of drug-likeness (QED) is 0.625. The summed E-state index contributed by atoms with van der Waals surface area (Å²) in [4.78, 5) is 14.3. The first-order valence-corrected chi connectivity index (χ1v) is 10.4. The number of pyridine rings is 1. The average Bonchev–Trinajstić information content (AvgIpc) is 3.34. The van der Waals surface area contributed by atoms with E-state index in [0.29, 0.717) is 35.8 Å². The van der Waals surface area contributed by atoms with E-state index in [9.17, 15) is 9.18 Å². The molecule has 1 fully saturated rings. The fourth-order valence-electron chi connectivity index (χ4n) is 4.30. The van der Waals surface area contributed by atoms with Crippen molar-refractivity contribution in [1.29, 1.82) is 0 Å². The molecule has 2 aliphatic rings. The predicted molar refractivity (Wildman–Crippen MR) is 113 cm³/mol. The largest absolute Gasteiger partial charge is 0.489 e. The third kappa shape index (κ3) is 3.23. The van der Waals surface area contributed by atoms with Crippen molar-refractivity contribution in [3.05, 3.63) is 53.6 Å². The second kappa shape index (κ2) is 7.71. The van der Waals surface area contributed by atoms with E-state index in [-0.39, 0.29) is 17.8 Å². The van der Waals surface area contributed by atoms with Crippen LogP contribution in [0, 0.1) is 5.82 Å². The number of anilines is 1. The second-order valence-electron chi connectivity index (χ2n) is 7.44. The number of aromatic nitrogens is 2. The van der Waals surface area contributed by atoms with Gasteiger partial charge in [0.1, 0.15) is 5.82 Å². The molecular weight excluding hydrogens is 407 g/mol. The van der Waals surface area contributed by atoms with Crippen LogP contribution in [0.15, 0.2) is 36.7 Å². The van der Waals surface area contributed by atoms with Crippen LogP contribution in [0.25, 0.3) is 5.52 Å². The number of rotatable bonds is 3. The maximum Gasteiger partial charge on any atom is 0.264 e. The van der Waals surface area contributed by atoms with Crippen molar-refractivity contribution in [2.45, 2.75) is 25.3 Å². The smallest absolute Gasteiger partial charge is 0.264 e. The summed E-state index contributed by atoms with van der Waals surface area (Å²) in [5, 5.41) is 4.23. The Kier molecular flexibility index (Phi) is 4.90.